The van der Waals surface area contributed by atoms with Gasteiger partial charge in [-0.2, -0.15) is 48.3 Å². The average Bonchev–Trinajstić information content (AvgIpc) is 2.35. The van der Waals surface area contributed by atoms with E-state index < -0.39 is 41.5 Å². The van der Waals surface area contributed by atoms with Crippen molar-refractivity contribution in [1.82, 2.24) is 0 Å². The Hall–Kier alpha value is -2.01. The smallest absolute Gasteiger partial charge is 0.454 e. The van der Waals surface area contributed by atoms with Gasteiger partial charge < -0.3 is 4.74 Å². The van der Waals surface area contributed by atoms with Crippen molar-refractivity contribution in [3.8, 4) is 5.75 Å². The van der Waals surface area contributed by atoms with Crippen molar-refractivity contribution in [2.24, 2.45) is 0 Å². The van der Waals surface area contributed by atoms with Gasteiger partial charge in [-0.05, 0) is 19.1 Å². The first kappa shape index (κ1) is 21.0. The van der Waals surface area contributed by atoms with Crippen LogP contribution >= 0.6 is 0 Å². The van der Waals surface area contributed by atoms with Gasteiger partial charge in [-0.1, -0.05) is 17.7 Å². The Morgan fingerprint density at radius 2 is 1.12 bits per heavy atom. The third-order valence-corrected chi connectivity index (χ3v) is 2.68. The van der Waals surface area contributed by atoms with Crippen LogP contribution in [0.3, 0.4) is 0 Å². The fourth-order valence-electron chi connectivity index (χ4n) is 1.54. The van der Waals surface area contributed by atoms with Crippen molar-refractivity contribution in [1.29, 1.82) is 0 Å². The standard InChI is InChI=1S/C13H7F11O/c1-6-2-4-7(5-3-6)25-9(10(14,15)13(22,23)24)8(11(16,17)18)12(19,20)21/h2-5H,1H3. The minimum absolute atomic E-state index is 0.396. The third-order valence-electron chi connectivity index (χ3n) is 2.68. The van der Waals surface area contributed by atoms with Crippen LogP contribution in [0.15, 0.2) is 35.6 Å². The van der Waals surface area contributed by atoms with Gasteiger partial charge >= 0.3 is 24.5 Å². The van der Waals surface area contributed by atoms with Crippen LogP contribution in [-0.4, -0.2) is 24.5 Å². The molecule has 1 rings (SSSR count). The van der Waals surface area contributed by atoms with Crippen LogP contribution < -0.4 is 4.74 Å². The van der Waals surface area contributed by atoms with Crippen LogP contribution in [0.4, 0.5) is 48.3 Å². The molecule has 25 heavy (non-hydrogen) atoms. The number of allylic oxidation sites excluding steroid dienone is 2. The summed E-state index contributed by atoms with van der Waals surface area (Å²) in [4.78, 5) is 0. The van der Waals surface area contributed by atoms with Gasteiger partial charge in [0.25, 0.3) is 0 Å². The van der Waals surface area contributed by atoms with Crippen molar-refractivity contribution in [2.45, 2.75) is 31.4 Å². The molecule has 0 bridgehead atoms. The van der Waals surface area contributed by atoms with E-state index in [1.807, 2.05) is 0 Å². The van der Waals surface area contributed by atoms with Crippen molar-refractivity contribution in [3.05, 3.63) is 41.2 Å². The molecule has 0 saturated heterocycles. The first-order chi connectivity index (χ1) is 11.0. The summed E-state index contributed by atoms with van der Waals surface area (Å²) in [5, 5.41) is 0. The van der Waals surface area contributed by atoms with E-state index >= 15 is 0 Å². The summed E-state index contributed by atoms with van der Waals surface area (Å²) >= 11 is 0. The first-order valence-corrected chi connectivity index (χ1v) is 6.06. The Morgan fingerprint density at radius 1 is 0.720 bits per heavy atom. The molecule has 1 aromatic carbocycles. The highest BCUT2D eigenvalue weighted by molar-refractivity contribution is 5.33. The molecule has 0 fully saturated rings. The van der Waals surface area contributed by atoms with Crippen LogP contribution in [0.5, 0.6) is 5.75 Å². The van der Waals surface area contributed by atoms with Gasteiger partial charge in [-0.15, -0.1) is 0 Å². The number of rotatable bonds is 3. The second kappa shape index (κ2) is 6.37. The summed E-state index contributed by atoms with van der Waals surface area (Å²) in [7, 11) is 0. The van der Waals surface area contributed by atoms with Crippen LogP contribution in [0.1, 0.15) is 5.56 Å². The lowest BCUT2D eigenvalue weighted by Crippen LogP contribution is -2.44. The second-order valence-corrected chi connectivity index (χ2v) is 4.69. The van der Waals surface area contributed by atoms with Gasteiger partial charge in [-0.25, -0.2) is 0 Å². The maximum Gasteiger partial charge on any atom is 0.461 e. The minimum Gasteiger partial charge on any atom is -0.454 e. The monoisotopic (exact) mass is 388 g/mol. The zero-order valence-electron chi connectivity index (χ0n) is 11.9. The number of halogens is 11. The van der Waals surface area contributed by atoms with Crippen LogP contribution in [0, 0.1) is 6.92 Å². The third kappa shape index (κ3) is 4.75. The highest BCUT2D eigenvalue weighted by Crippen LogP contribution is 2.49. The number of hydrogen-bond donors (Lipinski definition) is 0. The number of benzene rings is 1. The molecule has 1 aromatic rings. The first-order valence-electron chi connectivity index (χ1n) is 6.06. The predicted molar refractivity (Wildman–Crippen MR) is 61.9 cm³/mol. The summed E-state index contributed by atoms with van der Waals surface area (Å²) in [6.07, 6.45) is -19.9. The predicted octanol–water partition coefficient (Wildman–Crippen LogP) is 5.95. The SMILES string of the molecule is Cc1ccc(OC(=C(C(F)(F)F)C(F)(F)F)C(F)(F)C(F)(F)F)cc1. The molecule has 0 aromatic heterocycles. The largest absolute Gasteiger partial charge is 0.461 e. The van der Waals surface area contributed by atoms with Gasteiger partial charge in [0.1, 0.15) is 5.75 Å². The maximum atomic E-state index is 13.4. The number of alkyl halides is 11. The summed E-state index contributed by atoms with van der Waals surface area (Å²) in [5.41, 5.74) is -3.68. The fraction of sp³-hybridized carbons (Fsp3) is 0.385. The average molecular weight is 388 g/mol. The summed E-state index contributed by atoms with van der Waals surface area (Å²) < 4.78 is 143. The number of aryl methyl sites for hydroxylation is 1. The lowest BCUT2D eigenvalue weighted by Gasteiger charge is -2.27. The summed E-state index contributed by atoms with van der Waals surface area (Å²) in [6.45, 7) is 1.42. The minimum atomic E-state index is -6.76. The normalized spacial score (nSPS) is 13.6. The van der Waals surface area contributed by atoms with Crippen molar-refractivity contribution in [3.63, 3.8) is 0 Å². The van der Waals surface area contributed by atoms with Crippen LogP contribution in [-0.2, 0) is 0 Å². The summed E-state index contributed by atoms with van der Waals surface area (Å²) in [5.74, 6) is -11.2. The molecule has 0 heterocycles. The molecule has 0 aliphatic heterocycles. The lowest BCUT2D eigenvalue weighted by molar-refractivity contribution is -0.277. The van der Waals surface area contributed by atoms with Gasteiger partial charge in [0, 0.05) is 0 Å². The molecule has 0 atom stereocenters. The second-order valence-electron chi connectivity index (χ2n) is 4.69. The Morgan fingerprint density at radius 3 is 1.44 bits per heavy atom. The zero-order valence-corrected chi connectivity index (χ0v) is 11.9. The van der Waals surface area contributed by atoms with Crippen molar-refractivity contribution in [2.75, 3.05) is 0 Å². The van der Waals surface area contributed by atoms with Crippen LogP contribution in [0.25, 0.3) is 0 Å². The Kier molecular flexibility index (Phi) is 5.36. The van der Waals surface area contributed by atoms with Gasteiger partial charge in [0.05, 0.1) is 0 Å². The Bertz CT molecular complexity index is 616. The highest BCUT2D eigenvalue weighted by Gasteiger charge is 2.68. The fourth-order valence-corrected chi connectivity index (χ4v) is 1.54. The number of hydrogen-bond acceptors (Lipinski definition) is 1. The van der Waals surface area contributed by atoms with E-state index in [1.165, 1.54) is 6.92 Å². The molecule has 1 nitrogen and oxygen atoms in total. The molecule has 142 valence electrons. The topological polar surface area (TPSA) is 9.23 Å². The lowest BCUT2D eigenvalue weighted by atomic mass is 10.1. The molecule has 0 unspecified atom stereocenters. The Labute approximate surface area is 132 Å². The molecule has 0 amide bonds. The molecule has 0 radical (unpaired) electrons. The van der Waals surface area contributed by atoms with Crippen molar-refractivity contribution < 1.29 is 53.0 Å². The highest BCUT2D eigenvalue weighted by atomic mass is 19.4. The molecule has 0 aliphatic carbocycles. The molecule has 0 aliphatic rings. The van der Waals surface area contributed by atoms with E-state index in [0.717, 1.165) is 12.1 Å². The van der Waals surface area contributed by atoms with Crippen molar-refractivity contribution >= 4 is 0 Å². The van der Waals surface area contributed by atoms with E-state index in [4.69, 9.17) is 0 Å². The molecule has 0 saturated carbocycles. The summed E-state index contributed by atoms with van der Waals surface area (Å²) in [6, 6.07) is 3.34. The van der Waals surface area contributed by atoms with Gasteiger partial charge in [0.15, 0.2) is 5.57 Å². The number of ether oxygens (including phenoxy) is 1. The zero-order chi connectivity index (χ0) is 19.8. The quantitative estimate of drug-likeness (QED) is 0.459. The Balaban J connectivity index is 3.72. The van der Waals surface area contributed by atoms with E-state index in [-0.39, 0.29) is 0 Å². The van der Waals surface area contributed by atoms with Gasteiger partial charge in [0.2, 0.25) is 5.76 Å². The van der Waals surface area contributed by atoms with E-state index in [1.54, 1.807) is 0 Å². The molecular formula is C13H7F11O. The van der Waals surface area contributed by atoms with E-state index in [0.29, 0.717) is 17.7 Å². The van der Waals surface area contributed by atoms with E-state index in [9.17, 15) is 48.3 Å². The van der Waals surface area contributed by atoms with Crippen LogP contribution in [0.2, 0.25) is 0 Å². The molecule has 0 spiro atoms. The maximum absolute atomic E-state index is 13.4. The van der Waals surface area contributed by atoms with E-state index in [2.05, 4.69) is 4.74 Å². The van der Waals surface area contributed by atoms with Gasteiger partial charge in [-0.3, -0.25) is 0 Å². The molecular weight excluding hydrogens is 381 g/mol. The molecule has 0 N–H and O–H groups in total. The molecule has 12 heteroatoms.